The van der Waals surface area contributed by atoms with E-state index in [1.165, 1.54) is 7.11 Å². The molecule has 2 heterocycles. The first-order chi connectivity index (χ1) is 14.6. The number of fused-ring (bicyclic) bond motifs is 2. The van der Waals surface area contributed by atoms with Crippen LogP contribution in [0.15, 0.2) is 54.6 Å². The molecule has 8 heteroatoms. The molecule has 7 nitrogen and oxygen atoms in total. The molecule has 0 aromatic heterocycles. The lowest BCUT2D eigenvalue weighted by molar-refractivity contribution is 0.0975. The van der Waals surface area contributed by atoms with Gasteiger partial charge in [0.05, 0.1) is 23.4 Å². The van der Waals surface area contributed by atoms with Gasteiger partial charge < -0.3 is 24.6 Å². The zero-order valence-electron chi connectivity index (χ0n) is 15.9. The van der Waals surface area contributed by atoms with E-state index in [0.29, 0.717) is 34.0 Å². The summed E-state index contributed by atoms with van der Waals surface area (Å²) in [6.07, 6.45) is -0.597. The normalized spacial score (nSPS) is 16.8. The summed E-state index contributed by atoms with van der Waals surface area (Å²) < 4.78 is 16.1. The number of nitrogens with zero attached hydrogens (tertiary/aromatic N) is 1. The number of anilines is 2. The van der Waals surface area contributed by atoms with Gasteiger partial charge in [0.25, 0.3) is 5.91 Å². The van der Waals surface area contributed by atoms with Crippen LogP contribution in [-0.4, -0.2) is 24.9 Å². The zero-order chi connectivity index (χ0) is 20.8. The molecule has 152 valence electrons. The Kier molecular flexibility index (Phi) is 4.33. The van der Waals surface area contributed by atoms with Crippen molar-refractivity contribution in [3.63, 3.8) is 0 Å². The van der Waals surface area contributed by atoms with E-state index in [1.54, 1.807) is 41.3 Å². The van der Waals surface area contributed by atoms with Gasteiger partial charge in [0.1, 0.15) is 6.17 Å². The summed E-state index contributed by atoms with van der Waals surface area (Å²) in [6.45, 7) is 0.141. The number of aromatic hydroxyl groups is 1. The van der Waals surface area contributed by atoms with Crippen molar-refractivity contribution in [3.05, 3.63) is 70.7 Å². The third kappa shape index (κ3) is 2.86. The summed E-state index contributed by atoms with van der Waals surface area (Å²) in [5.41, 5.74) is 2.52. The van der Waals surface area contributed by atoms with Gasteiger partial charge in [-0.3, -0.25) is 9.69 Å². The quantitative estimate of drug-likeness (QED) is 0.642. The number of methoxy groups -OCH3 is 1. The lowest BCUT2D eigenvalue weighted by Gasteiger charge is -2.38. The summed E-state index contributed by atoms with van der Waals surface area (Å²) in [5.74, 6) is 1.08. The van der Waals surface area contributed by atoms with E-state index in [4.69, 9.17) is 25.8 Å². The lowest BCUT2D eigenvalue weighted by Crippen LogP contribution is -2.43. The van der Waals surface area contributed by atoms with Gasteiger partial charge in [-0.2, -0.15) is 0 Å². The Morgan fingerprint density at radius 3 is 2.77 bits per heavy atom. The fourth-order valence-electron chi connectivity index (χ4n) is 3.70. The first-order valence-corrected chi connectivity index (χ1v) is 9.60. The molecule has 30 heavy (non-hydrogen) atoms. The van der Waals surface area contributed by atoms with E-state index in [2.05, 4.69) is 5.32 Å². The highest BCUT2D eigenvalue weighted by Crippen LogP contribution is 2.44. The maximum absolute atomic E-state index is 13.5. The molecule has 2 aliphatic heterocycles. The second-order valence-electron chi connectivity index (χ2n) is 6.86. The average Bonchev–Trinajstić information content (AvgIpc) is 3.23. The molecule has 0 radical (unpaired) electrons. The maximum Gasteiger partial charge on any atom is 0.262 e. The number of carbonyl (C=O) groups is 1. The number of halogens is 1. The lowest BCUT2D eigenvalue weighted by atomic mass is 10.0. The molecule has 0 bridgehead atoms. The minimum atomic E-state index is -0.597. The molecule has 0 saturated heterocycles. The molecule has 1 amide bonds. The number of phenolic OH excluding ortho intramolecular Hbond substituents is 1. The summed E-state index contributed by atoms with van der Waals surface area (Å²) in [4.78, 5) is 15.1. The van der Waals surface area contributed by atoms with Crippen molar-refractivity contribution in [2.75, 3.05) is 24.1 Å². The van der Waals surface area contributed by atoms with Crippen LogP contribution in [0.25, 0.3) is 0 Å². The second-order valence-corrected chi connectivity index (χ2v) is 7.27. The minimum Gasteiger partial charge on any atom is -0.503 e. The SMILES string of the molecule is COc1cc(C2Nc3ccccc3C(=O)N2c2ccc3c(c2)OCO3)cc(Cl)c1O. The molecule has 1 unspecified atom stereocenters. The highest BCUT2D eigenvalue weighted by molar-refractivity contribution is 6.32. The van der Waals surface area contributed by atoms with Gasteiger partial charge in [0.2, 0.25) is 6.79 Å². The van der Waals surface area contributed by atoms with Crippen molar-refractivity contribution in [1.82, 2.24) is 0 Å². The van der Waals surface area contributed by atoms with Gasteiger partial charge in [0, 0.05) is 17.3 Å². The Bertz CT molecular complexity index is 1170. The van der Waals surface area contributed by atoms with Crippen molar-refractivity contribution >= 4 is 28.9 Å². The number of nitrogens with one attached hydrogen (secondary N) is 1. The fourth-order valence-corrected chi connectivity index (χ4v) is 3.91. The van der Waals surface area contributed by atoms with Crippen molar-refractivity contribution in [1.29, 1.82) is 0 Å². The van der Waals surface area contributed by atoms with Crippen LogP contribution in [0.5, 0.6) is 23.0 Å². The number of carbonyl (C=O) groups excluding carboxylic acids is 1. The molecule has 0 spiro atoms. The highest BCUT2D eigenvalue weighted by atomic mass is 35.5. The molecular formula is C22H17ClN2O5. The number of para-hydroxylation sites is 1. The van der Waals surface area contributed by atoms with Crippen LogP contribution in [0, 0.1) is 0 Å². The second kappa shape index (κ2) is 7.03. The predicted octanol–water partition coefficient (Wildman–Crippen LogP) is 4.55. The van der Waals surface area contributed by atoms with E-state index in [9.17, 15) is 9.90 Å². The zero-order valence-corrected chi connectivity index (χ0v) is 16.6. The van der Waals surface area contributed by atoms with E-state index >= 15 is 0 Å². The standard InChI is InChI=1S/C22H17ClN2O5/c1-28-19-9-12(8-15(23)20(19)26)21-24-16-5-3-2-4-14(16)22(27)25(21)13-6-7-17-18(10-13)30-11-29-17/h2-10,21,24,26H,11H2,1H3. The van der Waals surface area contributed by atoms with E-state index in [1.807, 2.05) is 18.2 Å². The molecule has 3 aromatic rings. The van der Waals surface area contributed by atoms with Crippen LogP contribution in [-0.2, 0) is 0 Å². The summed E-state index contributed by atoms with van der Waals surface area (Å²) in [7, 11) is 1.44. The number of hydrogen-bond donors (Lipinski definition) is 2. The Morgan fingerprint density at radius 2 is 1.93 bits per heavy atom. The van der Waals surface area contributed by atoms with Crippen molar-refractivity contribution in [2.45, 2.75) is 6.17 Å². The molecule has 3 aromatic carbocycles. The molecule has 0 aliphatic carbocycles. The highest BCUT2D eigenvalue weighted by Gasteiger charge is 2.35. The smallest absolute Gasteiger partial charge is 0.262 e. The Labute approximate surface area is 177 Å². The average molecular weight is 425 g/mol. The number of benzene rings is 3. The summed E-state index contributed by atoms with van der Waals surface area (Å²) >= 11 is 6.23. The molecule has 5 rings (SSSR count). The molecule has 0 saturated carbocycles. The topological polar surface area (TPSA) is 80.3 Å². The molecule has 2 N–H and O–H groups in total. The van der Waals surface area contributed by atoms with E-state index < -0.39 is 6.17 Å². The first-order valence-electron chi connectivity index (χ1n) is 9.22. The number of rotatable bonds is 3. The molecule has 1 atom stereocenters. The fraction of sp³-hybridized carbons (Fsp3) is 0.136. The third-order valence-corrected chi connectivity index (χ3v) is 5.44. The van der Waals surface area contributed by atoms with Crippen LogP contribution in [0.3, 0.4) is 0 Å². The Hall–Kier alpha value is -3.58. The van der Waals surface area contributed by atoms with Gasteiger partial charge >= 0.3 is 0 Å². The predicted molar refractivity (Wildman–Crippen MR) is 112 cm³/mol. The third-order valence-electron chi connectivity index (χ3n) is 5.15. The van der Waals surface area contributed by atoms with Crippen LogP contribution in [0.4, 0.5) is 11.4 Å². The van der Waals surface area contributed by atoms with Crippen molar-refractivity contribution in [3.8, 4) is 23.0 Å². The van der Waals surface area contributed by atoms with Gasteiger partial charge in [-0.1, -0.05) is 23.7 Å². The Balaban J connectivity index is 1.67. The van der Waals surface area contributed by atoms with Gasteiger partial charge in [-0.25, -0.2) is 0 Å². The first kappa shape index (κ1) is 18.4. The van der Waals surface area contributed by atoms with E-state index in [-0.39, 0.29) is 29.2 Å². The Morgan fingerprint density at radius 1 is 1.13 bits per heavy atom. The van der Waals surface area contributed by atoms with Crippen LogP contribution in [0.2, 0.25) is 5.02 Å². The maximum atomic E-state index is 13.5. The number of hydrogen-bond acceptors (Lipinski definition) is 6. The van der Waals surface area contributed by atoms with Crippen LogP contribution >= 0.6 is 11.6 Å². The van der Waals surface area contributed by atoms with Crippen LogP contribution < -0.4 is 24.4 Å². The number of phenols is 1. The molecule has 0 fully saturated rings. The van der Waals surface area contributed by atoms with Crippen molar-refractivity contribution in [2.24, 2.45) is 0 Å². The van der Waals surface area contributed by atoms with Crippen LogP contribution in [0.1, 0.15) is 22.1 Å². The van der Waals surface area contributed by atoms with Crippen molar-refractivity contribution < 1.29 is 24.1 Å². The summed E-state index contributed by atoms with van der Waals surface area (Å²) in [5, 5.41) is 13.7. The van der Waals surface area contributed by atoms with Gasteiger partial charge in [-0.15, -0.1) is 0 Å². The molecule has 2 aliphatic rings. The number of amides is 1. The van der Waals surface area contributed by atoms with E-state index in [0.717, 1.165) is 0 Å². The van der Waals surface area contributed by atoms with Gasteiger partial charge in [-0.05, 0) is 36.4 Å². The van der Waals surface area contributed by atoms with Gasteiger partial charge in [0.15, 0.2) is 23.0 Å². The minimum absolute atomic E-state index is 0.128. The largest absolute Gasteiger partial charge is 0.503 e. The number of ether oxygens (including phenoxy) is 3. The monoisotopic (exact) mass is 424 g/mol. The molecular weight excluding hydrogens is 408 g/mol. The summed E-state index contributed by atoms with van der Waals surface area (Å²) in [6, 6.07) is 15.9.